The van der Waals surface area contributed by atoms with Gasteiger partial charge in [0.1, 0.15) is 5.82 Å². The maximum absolute atomic E-state index is 12.8. The van der Waals surface area contributed by atoms with Gasteiger partial charge in [-0.1, -0.05) is 0 Å². The molecule has 1 aliphatic rings. The van der Waals surface area contributed by atoms with Crippen molar-refractivity contribution < 1.29 is 4.39 Å². The Bertz CT molecular complexity index is 532. The molecule has 0 amide bonds. The predicted octanol–water partition coefficient (Wildman–Crippen LogP) is 3.49. The van der Waals surface area contributed by atoms with Crippen LogP contribution in [-0.2, 0) is 6.54 Å². The molecule has 0 radical (unpaired) electrons. The van der Waals surface area contributed by atoms with E-state index in [-0.39, 0.29) is 5.82 Å². The zero-order valence-corrected chi connectivity index (χ0v) is 11.4. The summed E-state index contributed by atoms with van der Waals surface area (Å²) in [5.41, 5.74) is 1.95. The number of nitrogens with one attached hydrogen (secondary N) is 1. The van der Waals surface area contributed by atoms with E-state index in [1.807, 2.05) is 0 Å². The van der Waals surface area contributed by atoms with Crippen LogP contribution in [0.15, 0.2) is 29.6 Å². The summed E-state index contributed by atoms with van der Waals surface area (Å²) >= 11 is 1.70. The lowest BCUT2D eigenvalue weighted by Gasteiger charge is -2.12. The smallest absolute Gasteiger partial charge is 0.185 e. The average molecular weight is 277 g/mol. The first-order valence-electron chi connectivity index (χ1n) is 6.50. The molecule has 5 heteroatoms. The van der Waals surface area contributed by atoms with Gasteiger partial charge in [-0.3, -0.25) is 0 Å². The van der Waals surface area contributed by atoms with Crippen LogP contribution in [0.3, 0.4) is 0 Å². The third-order valence-electron chi connectivity index (χ3n) is 3.23. The van der Waals surface area contributed by atoms with E-state index >= 15 is 0 Å². The average Bonchev–Trinajstić information content (AvgIpc) is 3.09. The number of anilines is 2. The lowest BCUT2D eigenvalue weighted by molar-refractivity contribution is 0.628. The molecule has 3 rings (SSSR count). The van der Waals surface area contributed by atoms with Crippen molar-refractivity contribution in [1.82, 2.24) is 4.98 Å². The lowest BCUT2D eigenvalue weighted by atomic mass is 10.3. The number of hydrogen-bond donors (Lipinski definition) is 1. The van der Waals surface area contributed by atoms with Crippen LogP contribution in [0.4, 0.5) is 15.2 Å². The topological polar surface area (TPSA) is 28.2 Å². The molecule has 1 aromatic heterocycles. The first-order valence-corrected chi connectivity index (χ1v) is 7.38. The summed E-state index contributed by atoms with van der Waals surface area (Å²) < 4.78 is 12.8. The largest absolute Gasteiger partial charge is 0.379 e. The summed E-state index contributed by atoms with van der Waals surface area (Å²) in [7, 11) is 0. The van der Waals surface area contributed by atoms with E-state index in [4.69, 9.17) is 0 Å². The number of aromatic nitrogens is 1. The van der Waals surface area contributed by atoms with Gasteiger partial charge in [-0.2, -0.15) is 0 Å². The van der Waals surface area contributed by atoms with Crippen molar-refractivity contribution in [2.24, 2.45) is 0 Å². The second-order valence-corrected chi connectivity index (χ2v) is 5.51. The van der Waals surface area contributed by atoms with Gasteiger partial charge in [-0.15, -0.1) is 11.3 Å². The summed E-state index contributed by atoms with van der Waals surface area (Å²) in [5.74, 6) is -0.212. The maximum Gasteiger partial charge on any atom is 0.185 e. The first kappa shape index (κ1) is 12.4. The minimum Gasteiger partial charge on any atom is -0.379 e. The van der Waals surface area contributed by atoms with Gasteiger partial charge in [0.25, 0.3) is 0 Å². The molecular weight excluding hydrogens is 261 g/mol. The Morgan fingerprint density at radius 2 is 1.95 bits per heavy atom. The van der Waals surface area contributed by atoms with Crippen molar-refractivity contribution in [3.8, 4) is 0 Å². The van der Waals surface area contributed by atoms with E-state index < -0.39 is 0 Å². The van der Waals surface area contributed by atoms with E-state index in [0.717, 1.165) is 29.6 Å². The molecule has 100 valence electrons. The molecule has 0 atom stereocenters. The highest BCUT2D eigenvalue weighted by Crippen LogP contribution is 2.24. The molecule has 1 aliphatic heterocycles. The zero-order valence-electron chi connectivity index (χ0n) is 10.6. The number of thiazole rings is 1. The Morgan fingerprint density at radius 3 is 2.68 bits per heavy atom. The van der Waals surface area contributed by atoms with Crippen molar-refractivity contribution in [2.45, 2.75) is 19.4 Å². The Balaban J connectivity index is 1.59. The summed E-state index contributed by atoms with van der Waals surface area (Å²) in [6.07, 6.45) is 2.53. The van der Waals surface area contributed by atoms with Gasteiger partial charge < -0.3 is 10.2 Å². The highest BCUT2D eigenvalue weighted by Gasteiger charge is 2.15. The van der Waals surface area contributed by atoms with Crippen molar-refractivity contribution in [2.75, 3.05) is 23.3 Å². The third kappa shape index (κ3) is 3.04. The van der Waals surface area contributed by atoms with Crippen LogP contribution in [0.25, 0.3) is 0 Å². The number of hydrogen-bond acceptors (Lipinski definition) is 4. The molecule has 0 saturated carbocycles. The second-order valence-electron chi connectivity index (χ2n) is 4.68. The standard InChI is InChI=1S/C14H16FN3S/c15-11-3-5-12(6-4-11)16-9-13-10-19-14(17-13)18-7-1-2-8-18/h3-6,10,16H,1-2,7-9H2. The van der Waals surface area contributed by atoms with Crippen LogP contribution in [0.5, 0.6) is 0 Å². The van der Waals surface area contributed by atoms with Crippen molar-refractivity contribution in [3.05, 3.63) is 41.2 Å². The number of rotatable bonds is 4. The third-order valence-corrected chi connectivity index (χ3v) is 4.18. The van der Waals surface area contributed by atoms with E-state index in [1.165, 1.54) is 25.0 Å². The van der Waals surface area contributed by atoms with Crippen molar-refractivity contribution >= 4 is 22.2 Å². The zero-order chi connectivity index (χ0) is 13.1. The van der Waals surface area contributed by atoms with Gasteiger partial charge in [0, 0.05) is 24.2 Å². The Kier molecular flexibility index (Phi) is 3.64. The van der Waals surface area contributed by atoms with Gasteiger partial charge in [-0.25, -0.2) is 9.37 Å². The fourth-order valence-corrected chi connectivity index (χ4v) is 3.07. The minimum atomic E-state index is -0.212. The molecule has 2 aromatic rings. The van der Waals surface area contributed by atoms with Crippen LogP contribution >= 0.6 is 11.3 Å². The SMILES string of the molecule is Fc1ccc(NCc2csc(N3CCCC3)n2)cc1. The highest BCUT2D eigenvalue weighted by molar-refractivity contribution is 7.13. The molecule has 0 unspecified atom stereocenters. The fourth-order valence-electron chi connectivity index (χ4n) is 2.19. The highest BCUT2D eigenvalue weighted by atomic mass is 32.1. The molecule has 3 nitrogen and oxygen atoms in total. The van der Waals surface area contributed by atoms with Gasteiger partial charge in [0.05, 0.1) is 12.2 Å². The molecule has 0 aliphatic carbocycles. The minimum absolute atomic E-state index is 0.212. The quantitative estimate of drug-likeness (QED) is 0.927. The van der Waals surface area contributed by atoms with Crippen LogP contribution in [0, 0.1) is 5.82 Å². The van der Waals surface area contributed by atoms with Crippen LogP contribution in [0.2, 0.25) is 0 Å². The fraction of sp³-hybridized carbons (Fsp3) is 0.357. The molecular formula is C14H16FN3S. The molecule has 1 N–H and O–H groups in total. The van der Waals surface area contributed by atoms with Gasteiger partial charge in [0.2, 0.25) is 0 Å². The van der Waals surface area contributed by atoms with Crippen LogP contribution in [-0.4, -0.2) is 18.1 Å². The number of halogens is 1. The van der Waals surface area contributed by atoms with E-state index in [9.17, 15) is 4.39 Å². The monoisotopic (exact) mass is 277 g/mol. The van der Waals surface area contributed by atoms with Crippen LogP contribution < -0.4 is 10.2 Å². The van der Waals surface area contributed by atoms with E-state index in [2.05, 4.69) is 20.6 Å². The molecule has 0 bridgehead atoms. The number of nitrogens with zero attached hydrogens (tertiary/aromatic N) is 2. The van der Waals surface area contributed by atoms with E-state index in [0.29, 0.717) is 6.54 Å². The van der Waals surface area contributed by atoms with Crippen molar-refractivity contribution in [1.29, 1.82) is 0 Å². The molecule has 1 fully saturated rings. The van der Waals surface area contributed by atoms with Gasteiger partial charge >= 0.3 is 0 Å². The molecule has 1 saturated heterocycles. The summed E-state index contributed by atoms with van der Waals surface area (Å²) in [4.78, 5) is 6.97. The maximum atomic E-state index is 12.8. The molecule has 2 heterocycles. The van der Waals surface area contributed by atoms with Crippen molar-refractivity contribution in [3.63, 3.8) is 0 Å². The lowest BCUT2D eigenvalue weighted by Crippen LogP contribution is -2.17. The Morgan fingerprint density at radius 1 is 1.21 bits per heavy atom. The molecule has 1 aromatic carbocycles. The molecule has 0 spiro atoms. The van der Waals surface area contributed by atoms with E-state index in [1.54, 1.807) is 23.5 Å². The van der Waals surface area contributed by atoms with Crippen LogP contribution in [0.1, 0.15) is 18.5 Å². The Labute approximate surface area is 116 Å². The predicted molar refractivity (Wildman–Crippen MR) is 77.3 cm³/mol. The first-order chi connectivity index (χ1) is 9.31. The normalized spacial score (nSPS) is 14.9. The van der Waals surface area contributed by atoms with Gasteiger partial charge in [0.15, 0.2) is 5.13 Å². The second kappa shape index (κ2) is 5.57. The molecule has 19 heavy (non-hydrogen) atoms. The van der Waals surface area contributed by atoms with Gasteiger partial charge in [-0.05, 0) is 37.1 Å². The Hall–Kier alpha value is -1.62. The summed E-state index contributed by atoms with van der Waals surface area (Å²) in [5, 5.41) is 6.46. The number of benzene rings is 1. The summed E-state index contributed by atoms with van der Waals surface area (Å²) in [6, 6.07) is 6.39. The summed E-state index contributed by atoms with van der Waals surface area (Å²) in [6.45, 7) is 2.92.